The van der Waals surface area contributed by atoms with E-state index in [0.29, 0.717) is 0 Å². The lowest BCUT2D eigenvalue weighted by Gasteiger charge is -2.34. The zero-order chi connectivity index (χ0) is 34.5. The van der Waals surface area contributed by atoms with Crippen LogP contribution in [0.2, 0.25) is 0 Å². The van der Waals surface area contributed by atoms with E-state index < -0.39 is 5.41 Å². The zero-order valence-corrected chi connectivity index (χ0v) is 28.7. The van der Waals surface area contributed by atoms with Gasteiger partial charge >= 0.3 is 0 Å². The molecular formula is C51H35N. The first-order valence-corrected chi connectivity index (χ1v) is 18.0. The number of hydrogen-bond acceptors (Lipinski definition) is 1. The maximum absolute atomic E-state index is 2.47. The van der Waals surface area contributed by atoms with Gasteiger partial charge in [-0.2, -0.15) is 0 Å². The van der Waals surface area contributed by atoms with Crippen LogP contribution in [0.25, 0.3) is 43.8 Å². The van der Waals surface area contributed by atoms with Gasteiger partial charge in [-0.3, -0.25) is 0 Å². The number of para-hydroxylation sites is 1. The average molecular weight is 662 g/mol. The Bertz CT molecular complexity index is 2690. The second-order valence-corrected chi connectivity index (χ2v) is 13.7. The van der Waals surface area contributed by atoms with Crippen LogP contribution in [0.5, 0.6) is 0 Å². The van der Waals surface area contributed by atoms with Gasteiger partial charge in [0.2, 0.25) is 0 Å². The predicted octanol–water partition coefficient (Wildman–Crippen LogP) is 13.5. The van der Waals surface area contributed by atoms with Crippen LogP contribution in [0.3, 0.4) is 0 Å². The van der Waals surface area contributed by atoms with Crippen molar-refractivity contribution in [2.75, 3.05) is 4.90 Å². The maximum atomic E-state index is 2.47. The molecule has 0 saturated heterocycles. The minimum Gasteiger partial charge on any atom is -0.310 e. The zero-order valence-electron chi connectivity index (χ0n) is 28.7. The van der Waals surface area contributed by atoms with Crippen molar-refractivity contribution in [3.8, 4) is 22.3 Å². The topological polar surface area (TPSA) is 3.24 Å². The third-order valence-electron chi connectivity index (χ3n) is 10.9. The van der Waals surface area contributed by atoms with Crippen LogP contribution in [0.15, 0.2) is 212 Å². The molecule has 0 bridgehead atoms. The van der Waals surface area contributed by atoms with Gasteiger partial charge in [0.25, 0.3) is 0 Å². The highest BCUT2D eigenvalue weighted by atomic mass is 15.1. The van der Waals surface area contributed by atoms with E-state index in [-0.39, 0.29) is 0 Å². The summed E-state index contributed by atoms with van der Waals surface area (Å²) in [4.78, 5) is 2.39. The van der Waals surface area contributed by atoms with Crippen molar-refractivity contribution < 1.29 is 0 Å². The van der Waals surface area contributed by atoms with Crippen molar-refractivity contribution in [1.82, 2.24) is 0 Å². The van der Waals surface area contributed by atoms with Gasteiger partial charge in [-0.1, -0.05) is 176 Å². The summed E-state index contributed by atoms with van der Waals surface area (Å²) in [5, 5.41) is 4.99. The highest BCUT2D eigenvalue weighted by molar-refractivity contribution is 6.05. The van der Waals surface area contributed by atoms with E-state index in [1.54, 1.807) is 0 Å². The summed E-state index contributed by atoms with van der Waals surface area (Å²) in [7, 11) is 0. The fraction of sp³-hybridized carbons (Fsp3) is 0.0196. The molecule has 0 fully saturated rings. The van der Waals surface area contributed by atoms with Crippen molar-refractivity contribution in [3.05, 3.63) is 235 Å². The Hall–Kier alpha value is -6.70. The van der Waals surface area contributed by atoms with Gasteiger partial charge in [-0.05, 0) is 97.1 Å². The van der Waals surface area contributed by atoms with Crippen LogP contribution in [0, 0.1) is 0 Å². The number of nitrogens with zero attached hydrogens (tertiary/aromatic N) is 1. The normalized spacial score (nSPS) is 12.8. The molecule has 0 spiro atoms. The fourth-order valence-corrected chi connectivity index (χ4v) is 8.67. The Morgan fingerprint density at radius 1 is 0.346 bits per heavy atom. The average Bonchev–Trinajstić information content (AvgIpc) is 3.53. The van der Waals surface area contributed by atoms with E-state index in [2.05, 4.69) is 217 Å². The lowest BCUT2D eigenvalue weighted by molar-refractivity contribution is 0.769. The molecule has 0 amide bonds. The van der Waals surface area contributed by atoms with Crippen molar-refractivity contribution in [2.24, 2.45) is 0 Å². The third-order valence-corrected chi connectivity index (χ3v) is 10.9. The Labute approximate surface area is 304 Å². The van der Waals surface area contributed by atoms with Gasteiger partial charge in [-0.15, -0.1) is 0 Å². The van der Waals surface area contributed by atoms with Crippen LogP contribution >= 0.6 is 0 Å². The lowest BCUT2D eigenvalue weighted by atomic mass is 9.67. The highest BCUT2D eigenvalue weighted by Crippen LogP contribution is 2.58. The van der Waals surface area contributed by atoms with Crippen LogP contribution in [0.4, 0.5) is 17.1 Å². The van der Waals surface area contributed by atoms with Crippen molar-refractivity contribution in [1.29, 1.82) is 0 Å². The number of anilines is 3. The second-order valence-electron chi connectivity index (χ2n) is 13.7. The van der Waals surface area contributed by atoms with Crippen molar-refractivity contribution in [2.45, 2.75) is 5.41 Å². The summed E-state index contributed by atoms with van der Waals surface area (Å²) in [6.07, 6.45) is 0. The standard InChI is InChI=1S/C51H35N/c1-4-20-40(21-5-1)51(41-22-6-2-7-23-41)47-33-31-37-17-11-13-28-45(37)50(47)46-32-30-39(35-48(46)51)38-19-14-26-43(34-38)52(42-24-8-3-9-25-42)49-29-15-18-36-16-10-12-27-44(36)49/h1-35H. The first kappa shape index (κ1) is 30.2. The summed E-state index contributed by atoms with van der Waals surface area (Å²) >= 11 is 0. The monoisotopic (exact) mass is 661 g/mol. The largest absolute Gasteiger partial charge is 0.310 e. The van der Waals surface area contributed by atoms with Gasteiger partial charge < -0.3 is 4.90 Å². The molecule has 0 heterocycles. The van der Waals surface area contributed by atoms with Gasteiger partial charge in [0.1, 0.15) is 0 Å². The van der Waals surface area contributed by atoms with Crippen molar-refractivity contribution >= 4 is 38.6 Å². The Kier molecular flexibility index (Phi) is 7.11. The number of benzene rings is 9. The Balaban J connectivity index is 1.21. The van der Waals surface area contributed by atoms with E-state index in [1.807, 2.05) is 0 Å². The molecule has 0 radical (unpaired) electrons. The summed E-state index contributed by atoms with van der Waals surface area (Å²) in [5.41, 5.74) is 13.1. The Morgan fingerprint density at radius 2 is 0.904 bits per heavy atom. The SMILES string of the molecule is c1ccc(N(c2cccc(-c3ccc4c(c3)C(c3ccccc3)(c3ccccc3)c3ccc5ccccc5c3-4)c2)c2cccc3ccccc23)cc1. The molecule has 1 aliphatic rings. The minimum atomic E-state index is -0.482. The quantitative estimate of drug-likeness (QED) is 0.171. The van der Waals surface area contributed by atoms with Crippen LogP contribution in [-0.4, -0.2) is 0 Å². The predicted molar refractivity (Wildman–Crippen MR) is 219 cm³/mol. The van der Waals surface area contributed by atoms with Crippen LogP contribution in [-0.2, 0) is 5.41 Å². The second kappa shape index (κ2) is 12.3. The van der Waals surface area contributed by atoms with Gasteiger partial charge in [0, 0.05) is 16.8 Å². The van der Waals surface area contributed by atoms with Gasteiger partial charge in [0.05, 0.1) is 11.1 Å². The molecule has 0 aromatic heterocycles. The Morgan fingerprint density at radius 3 is 1.63 bits per heavy atom. The first-order valence-electron chi connectivity index (χ1n) is 18.0. The molecule has 10 rings (SSSR count). The summed E-state index contributed by atoms with van der Waals surface area (Å²) in [6, 6.07) is 77.8. The van der Waals surface area contributed by atoms with E-state index in [4.69, 9.17) is 0 Å². The highest BCUT2D eigenvalue weighted by Gasteiger charge is 2.46. The molecule has 52 heavy (non-hydrogen) atoms. The number of fused-ring (bicyclic) bond motifs is 6. The molecule has 0 saturated carbocycles. The lowest BCUT2D eigenvalue weighted by Crippen LogP contribution is -2.28. The summed E-state index contributed by atoms with van der Waals surface area (Å²) in [5.74, 6) is 0. The molecule has 1 heteroatoms. The maximum Gasteiger partial charge on any atom is 0.0714 e. The summed E-state index contributed by atoms with van der Waals surface area (Å²) < 4.78 is 0. The van der Waals surface area contributed by atoms with E-state index in [0.717, 1.165) is 17.1 Å². The molecule has 0 N–H and O–H groups in total. The van der Waals surface area contributed by atoms with E-state index in [1.165, 1.54) is 66.1 Å². The summed E-state index contributed by atoms with van der Waals surface area (Å²) in [6.45, 7) is 0. The molecule has 1 aliphatic carbocycles. The minimum absolute atomic E-state index is 0.482. The molecule has 9 aromatic carbocycles. The fourth-order valence-electron chi connectivity index (χ4n) is 8.67. The molecular weight excluding hydrogens is 627 g/mol. The molecule has 1 nitrogen and oxygen atoms in total. The molecule has 0 atom stereocenters. The van der Waals surface area contributed by atoms with E-state index >= 15 is 0 Å². The van der Waals surface area contributed by atoms with E-state index in [9.17, 15) is 0 Å². The third kappa shape index (κ3) is 4.63. The number of rotatable bonds is 6. The molecule has 0 aliphatic heterocycles. The van der Waals surface area contributed by atoms with Crippen LogP contribution < -0.4 is 4.90 Å². The first-order chi connectivity index (χ1) is 25.8. The smallest absolute Gasteiger partial charge is 0.0714 e. The van der Waals surface area contributed by atoms with Crippen LogP contribution in [0.1, 0.15) is 22.3 Å². The van der Waals surface area contributed by atoms with Crippen molar-refractivity contribution in [3.63, 3.8) is 0 Å². The number of hydrogen-bond donors (Lipinski definition) is 0. The molecule has 0 unspecified atom stereocenters. The molecule has 9 aromatic rings. The molecule has 244 valence electrons. The van der Waals surface area contributed by atoms with Gasteiger partial charge in [0.15, 0.2) is 0 Å². The van der Waals surface area contributed by atoms with Gasteiger partial charge in [-0.25, -0.2) is 0 Å².